The van der Waals surface area contributed by atoms with Crippen LogP contribution in [-0.2, 0) is 11.3 Å². The molecular weight excluding hydrogens is 417 g/mol. The van der Waals surface area contributed by atoms with Crippen LogP contribution in [0.1, 0.15) is 40.3 Å². The molecular formula is C20H23F3N4O4. The van der Waals surface area contributed by atoms with Gasteiger partial charge < -0.3 is 25.4 Å². The highest BCUT2D eigenvalue weighted by Crippen LogP contribution is 2.26. The van der Waals surface area contributed by atoms with E-state index in [2.05, 4.69) is 15.6 Å². The molecule has 1 aromatic rings. The van der Waals surface area contributed by atoms with E-state index < -0.39 is 24.7 Å². The van der Waals surface area contributed by atoms with Crippen molar-refractivity contribution in [2.75, 3.05) is 26.3 Å². The number of ether oxygens (including phenoxy) is 1. The van der Waals surface area contributed by atoms with Gasteiger partial charge in [-0.3, -0.25) is 14.6 Å². The first-order valence-electron chi connectivity index (χ1n) is 9.61. The van der Waals surface area contributed by atoms with E-state index in [1.54, 1.807) is 26.0 Å². The summed E-state index contributed by atoms with van der Waals surface area (Å²) in [5, 5.41) is 14.7. The molecule has 3 N–H and O–H groups in total. The second kappa shape index (κ2) is 8.96. The Balaban J connectivity index is 1.71. The van der Waals surface area contributed by atoms with Gasteiger partial charge in [0.1, 0.15) is 11.5 Å². The quantitative estimate of drug-likeness (QED) is 0.594. The van der Waals surface area contributed by atoms with Crippen molar-refractivity contribution >= 4 is 11.8 Å². The number of aliphatic hydroxyl groups excluding tert-OH is 1. The van der Waals surface area contributed by atoms with E-state index in [-0.39, 0.29) is 43.6 Å². The molecule has 0 saturated heterocycles. The second-order valence-corrected chi connectivity index (χ2v) is 7.44. The number of alkyl halides is 3. The zero-order chi connectivity index (χ0) is 22.8. The Morgan fingerprint density at radius 1 is 1.45 bits per heavy atom. The van der Waals surface area contributed by atoms with Gasteiger partial charge in [-0.25, -0.2) is 0 Å². The number of halogens is 3. The van der Waals surface area contributed by atoms with Crippen molar-refractivity contribution in [3.8, 4) is 0 Å². The number of nitrogens with zero attached hydrogens (tertiary/aromatic N) is 2. The van der Waals surface area contributed by atoms with Crippen LogP contribution in [0.3, 0.4) is 0 Å². The van der Waals surface area contributed by atoms with Gasteiger partial charge in [0.15, 0.2) is 6.61 Å². The van der Waals surface area contributed by atoms with Gasteiger partial charge in [-0.15, -0.1) is 0 Å². The molecule has 0 unspecified atom stereocenters. The second-order valence-electron chi connectivity index (χ2n) is 7.44. The van der Waals surface area contributed by atoms with E-state index in [0.717, 1.165) is 0 Å². The summed E-state index contributed by atoms with van der Waals surface area (Å²) in [6.07, 6.45) is -1.40. The molecule has 0 spiro atoms. The van der Waals surface area contributed by atoms with Crippen molar-refractivity contribution in [2.45, 2.75) is 32.6 Å². The molecule has 11 heteroatoms. The van der Waals surface area contributed by atoms with Crippen LogP contribution < -0.4 is 10.6 Å². The van der Waals surface area contributed by atoms with Gasteiger partial charge in [0.25, 0.3) is 11.8 Å². The van der Waals surface area contributed by atoms with Crippen molar-refractivity contribution < 1.29 is 32.6 Å². The van der Waals surface area contributed by atoms with E-state index in [9.17, 15) is 22.8 Å². The van der Waals surface area contributed by atoms with Crippen LogP contribution in [0, 0.1) is 0 Å². The Morgan fingerprint density at radius 3 is 2.84 bits per heavy atom. The fraction of sp³-hybridized carbons (Fsp3) is 0.450. The number of pyridine rings is 1. The zero-order valence-corrected chi connectivity index (χ0v) is 17.0. The van der Waals surface area contributed by atoms with E-state index in [1.807, 2.05) is 0 Å². The Hall–Kier alpha value is -3.08. The zero-order valence-electron chi connectivity index (χ0n) is 17.0. The first kappa shape index (κ1) is 22.6. The lowest BCUT2D eigenvalue weighted by atomic mass is 10.1. The molecule has 2 aliphatic rings. The summed E-state index contributed by atoms with van der Waals surface area (Å²) < 4.78 is 41.9. The molecule has 0 bridgehead atoms. The van der Waals surface area contributed by atoms with Crippen molar-refractivity contribution in [3.63, 3.8) is 0 Å². The average molecular weight is 440 g/mol. The van der Waals surface area contributed by atoms with Gasteiger partial charge in [-0.2, -0.15) is 13.2 Å². The lowest BCUT2D eigenvalue weighted by molar-refractivity contribution is -0.165. The van der Waals surface area contributed by atoms with Crippen LogP contribution >= 0.6 is 0 Å². The van der Waals surface area contributed by atoms with E-state index in [0.29, 0.717) is 22.4 Å². The number of aromatic nitrogens is 1. The number of fused-ring (bicyclic) bond motifs is 1. The largest absolute Gasteiger partial charge is 0.486 e. The van der Waals surface area contributed by atoms with E-state index in [1.165, 1.54) is 11.1 Å². The Kier molecular flexibility index (Phi) is 6.54. The molecule has 0 aromatic carbocycles. The number of carbonyl (C=O) groups is 2. The van der Waals surface area contributed by atoms with Crippen LogP contribution in [0.5, 0.6) is 0 Å². The summed E-state index contributed by atoms with van der Waals surface area (Å²) in [7, 11) is 0. The molecule has 3 rings (SSSR count). The van der Waals surface area contributed by atoms with Crippen LogP contribution in [0.25, 0.3) is 0 Å². The van der Waals surface area contributed by atoms with Gasteiger partial charge in [-0.1, -0.05) is 0 Å². The number of hydrogen-bond donors (Lipinski definition) is 3. The maximum absolute atomic E-state index is 12.8. The topological polar surface area (TPSA) is 104 Å². The van der Waals surface area contributed by atoms with Gasteiger partial charge in [0, 0.05) is 35.6 Å². The highest BCUT2D eigenvalue weighted by atomic mass is 19.4. The molecule has 0 radical (unpaired) electrons. The molecule has 2 amide bonds. The predicted octanol–water partition coefficient (Wildman–Crippen LogP) is 1.49. The first-order valence-corrected chi connectivity index (χ1v) is 9.61. The summed E-state index contributed by atoms with van der Waals surface area (Å²) in [5.74, 6) is -0.559. The van der Waals surface area contributed by atoms with Crippen molar-refractivity contribution in [1.29, 1.82) is 0 Å². The lowest BCUT2D eigenvalue weighted by Gasteiger charge is -2.24. The molecule has 0 saturated carbocycles. The highest BCUT2D eigenvalue weighted by Gasteiger charge is 2.33. The number of allylic oxidation sites excluding steroid dienone is 2. The maximum atomic E-state index is 12.8. The molecule has 8 nitrogen and oxygen atoms in total. The van der Waals surface area contributed by atoms with E-state index in [4.69, 9.17) is 9.84 Å². The molecule has 1 aromatic heterocycles. The van der Waals surface area contributed by atoms with Gasteiger partial charge in [-0.05, 0) is 31.6 Å². The number of dihydropyridines is 1. The fourth-order valence-corrected chi connectivity index (χ4v) is 3.31. The highest BCUT2D eigenvalue weighted by molar-refractivity contribution is 6.03. The standard InChI is InChI=1S/C20H23F3N4O4/c1-11-5-13(25-6-16(11)31-10-20(21,22)23)7-27-8-15-14(19(27)30)3-4-24-17(15)18(29)26-12(2)9-28/h3-5,12,25,28H,6-10H2,1-2H3,(H,26,29)/t12-/m0/s1. The Labute approximate surface area is 176 Å². The Bertz CT molecular complexity index is 943. The minimum Gasteiger partial charge on any atom is -0.486 e. The van der Waals surface area contributed by atoms with Crippen molar-refractivity contribution in [1.82, 2.24) is 20.5 Å². The maximum Gasteiger partial charge on any atom is 0.422 e. The third-order valence-corrected chi connectivity index (χ3v) is 4.87. The fourth-order valence-electron chi connectivity index (χ4n) is 3.31. The van der Waals surface area contributed by atoms with Gasteiger partial charge in [0.2, 0.25) is 0 Å². The summed E-state index contributed by atoms with van der Waals surface area (Å²) in [6.45, 7) is 2.12. The SMILES string of the molecule is CC1=C(OCC(F)(F)F)CNC(CN2Cc3c(ccnc3C(=O)N[C@@H](C)CO)C2=O)=C1. The average Bonchev–Trinajstić information content (AvgIpc) is 3.02. The number of nitrogens with one attached hydrogen (secondary N) is 2. The number of carbonyl (C=O) groups excluding carboxylic acids is 2. The Morgan fingerprint density at radius 2 is 2.19 bits per heavy atom. The van der Waals surface area contributed by atoms with Crippen LogP contribution in [0.2, 0.25) is 0 Å². The summed E-state index contributed by atoms with van der Waals surface area (Å²) >= 11 is 0. The van der Waals surface area contributed by atoms with Gasteiger partial charge >= 0.3 is 6.18 Å². The van der Waals surface area contributed by atoms with Crippen molar-refractivity contribution in [3.05, 3.63) is 52.2 Å². The monoisotopic (exact) mass is 440 g/mol. The third-order valence-electron chi connectivity index (χ3n) is 4.87. The van der Waals surface area contributed by atoms with Crippen molar-refractivity contribution in [2.24, 2.45) is 0 Å². The number of hydrogen-bond acceptors (Lipinski definition) is 6. The minimum atomic E-state index is -4.42. The molecule has 31 heavy (non-hydrogen) atoms. The summed E-state index contributed by atoms with van der Waals surface area (Å²) in [6, 6.07) is 1.08. The molecule has 3 heterocycles. The molecule has 2 aliphatic heterocycles. The first-order chi connectivity index (χ1) is 14.6. The van der Waals surface area contributed by atoms with Crippen LogP contribution in [-0.4, -0.2) is 65.3 Å². The van der Waals surface area contributed by atoms with Crippen LogP contribution in [0.15, 0.2) is 35.4 Å². The molecule has 0 fully saturated rings. The third kappa shape index (κ3) is 5.35. The smallest absolute Gasteiger partial charge is 0.422 e. The van der Waals surface area contributed by atoms with Gasteiger partial charge in [0.05, 0.1) is 19.7 Å². The molecule has 1 atom stereocenters. The predicted molar refractivity (Wildman–Crippen MR) is 104 cm³/mol. The van der Waals surface area contributed by atoms with Crippen LogP contribution in [0.4, 0.5) is 13.2 Å². The number of rotatable bonds is 7. The summed E-state index contributed by atoms with van der Waals surface area (Å²) in [4.78, 5) is 30.9. The van der Waals surface area contributed by atoms with E-state index >= 15 is 0 Å². The molecule has 0 aliphatic carbocycles. The number of aliphatic hydroxyl groups is 1. The summed E-state index contributed by atoms with van der Waals surface area (Å²) in [5.41, 5.74) is 2.17. The molecule has 168 valence electrons. The number of amides is 2. The minimum absolute atomic E-state index is 0.0803. The lowest BCUT2D eigenvalue weighted by Crippen LogP contribution is -2.36. The normalized spacial score (nSPS) is 17.2.